The van der Waals surface area contributed by atoms with Gasteiger partial charge in [0.15, 0.2) is 10.8 Å². The van der Waals surface area contributed by atoms with Gasteiger partial charge >= 0.3 is 0 Å². The van der Waals surface area contributed by atoms with E-state index in [0.29, 0.717) is 0 Å². The van der Waals surface area contributed by atoms with Gasteiger partial charge in [0, 0.05) is 5.39 Å². The molecule has 0 radical (unpaired) electrons. The van der Waals surface area contributed by atoms with Crippen molar-refractivity contribution in [2.75, 3.05) is 0 Å². The van der Waals surface area contributed by atoms with Crippen molar-refractivity contribution in [1.29, 1.82) is 0 Å². The quantitative estimate of drug-likeness (QED) is 0.508. The molecule has 2 aromatic carbocycles. The molecule has 28 heavy (non-hydrogen) atoms. The summed E-state index contributed by atoms with van der Waals surface area (Å²) in [4.78, 5) is 12.7. The summed E-state index contributed by atoms with van der Waals surface area (Å²) < 4.78 is 2.03. The van der Waals surface area contributed by atoms with Gasteiger partial charge in [0.1, 0.15) is 0 Å². The zero-order chi connectivity index (χ0) is 19.7. The van der Waals surface area contributed by atoms with Crippen LogP contribution in [-0.2, 0) is 4.79 Å². The first kappa shape index (κ1) is 18.5. The number of aromatic nitrogens is 3. The zero-order valence-corrected chi connectivity index (χ0v) is 16.9. The number of fused-ring (bicyclic) bond motifs is 3. The smallest absolute Gasteiger partial charge is 0.233 e. The van der Waals surface area contributed by atoms with Crippen LogP contribution in [0.2, 0.25) is 0 Å². The molecule has 0 saturated carbocycles. The molecular weight excluding hydrogens is 368 g/mol. The number of carbonyl (C=O) groups excluding carboxylic acids is 1. The molecule has 0 fully saturated rings. The summed E-state index contributed by atoms with van der Waals surface area (Å²) in [6, 6.07) is 20.1. The van der Waals surface area contributed by atoms with Gasteiger partial charge in [0.05, 0.1) is 16.8 Å². The highest BCUT2D eigenvalue weighted by Gasteiger charge is 2.21. The highest BCUT2D eigenvalue weighted by atomic mass is 32.2. The largest absolute Gasteiger partial charge is 0.349 e. The number of nitrogens with one attached hydrogen (secondary N) is 1. The fourth-order valence-corrected chi connectivity index (χ4v) is 4.20. The second kappa shape index (κ2) is 7.64. The molecule has 0 spiro atoms. The molecule has 2 heterocycles. The number of pyridine rings is 1. The number of aryl methyl sites for hydroxylation is 1. The average Bonchev–Trinajstić information content (AvgIpc) is 3.11. The Morgan fingerprint density at radius 1 is 1.04 bits per heavy atom. The minimum Gasteiger partial charge on any atom is -0.349 e. The van der Waals surface area contributed by atoms with E-state index in [1.807, 2.05) is 66.8 Å². The Bertz CT molecular complexity index is 1140. The lowest BCUT2D eigenvalue weighted by atomic mass is 10.1. The van der Waals surface area contributed by atoms with Crippen molar-refractivity contribution in [3.8, 4) is 0 Å². The van der Waals surface area contributed by atoms with Crippen molar-refractivity contribution >= 4 is 34.2 Å². The van der Waals surface area contributed by atoms with Crippen molar-refractivity contribution in [2.24, 2.45) is 0 Å². The Morgan fingerprint density at radius 3 is 2.54 bits per heavy atom. The number of rotatable bonds is 5. The van der Waals surface area contributed by atoms with E-state index in [-0.39, 0.29) is 17.2 Å². The fraction of sp³-hybridized carbons (Fsp3) is 0.227. The Kier molecular flexibility index (Phi) is 5.05. The summed E-state index contributed by atoms with van der Waals surface area (Å²) in [5.74, 6) is -0.0190. The van der Waals surface area contributed by atoms with Gasteiger partial charge in [-0.2, -0.15) is 0 Å². The molecule has 2 unspecified atom stereocenters. The maximum atomic E-state index is 12.7. The van der Waals surface area contributed by atoms with Crippen molar-refractivity contribution in [3.63, 3.8) is 0 Å². The minimum absolute atomic E-state index is 0.0190. The van der Waals surface area contributed by atoms with Crippen molar-refractivity contribution in [2.45, 2.75) is 37.2 Å². The van der Waals surface area contributed by atoms with Gasteiger partial charge in [-0.1, -0.05) is 60.3 Å². The molecular formula is C22H22N4OS. The molecule has 2 atom stereocenters. The third-order valence-corrected chi connectivity index (χ3v) is 5.93. The molecule has 6 heteroatoms. The molecule has 142 valence electrons. The highest BCUT2D eigenvalue weighted by Crippen LogP contribution is 2.28. The average molecular weight is 391 g/mol. The summed E-state index contributed by atoms with van der Waals surface area (Å²) >= 11 is 1.42. The van der Waals surface area contributed by atoms with E-state index in [4.69, 9.17) is 0 Å². The van der Waals surface area contributed by atoms with E-state index >= 15 is 0 Å². The number of carbonyl (C=O) groups is 1. The third kappa shape index (κ3) is 3.47. The number of benzene rings is 2. The van der Waals surface area contributed by atoms with Crippen LogP contribution in [0.25, 0.3) is 16.6 Å². The SMILES string of the molecule is Cc1cc2nnc(SC(C)C(=O)NC(C)c3ccccc3)n2c2ccccc12. The predicted octanol–water partition coefficient (Wildman–Crippen LogP) is 4.55. The first-order valence-corrected chi connectivity index (χ1v) is 10.2. The van der Waals surface area contributed by atoms with Crippen LogP contribution in [0.1, 0.15) is 31.0 Å². The van der Waals surface area contributed by atoms with Gasteiger partial charge in [-0.15, -0.1) is 10.2 Å². The zero-order valence-electron chi connectivity index (χ0n) is 16.1. The lowest BCUT2D eigenvalue weighted by Crippen LogP contribution is -2.33. The van der Waals surface area contributed by atoms with Crippen LogP contribution in [-0.4, -0.2) is 25.8 Å². The Labute approximate surface area is 168 Å². The van der Waals surface area contributed by atoms with E-state index in [1.54, 1.807) is 0 Å². The molecule has 5 nitrogen and oxygen atoms in total. The Hall–Kier alpha value is -2.86. The summed E-state index contributed by atoms with van der Waals surface area (Å²) in [6.07, 6.45) is 0. The first-order chi connectivity index (χ1) is 13.5. The Morgan fingerprint density at radius 2 is 1.75 bits per heavy atom. The predicted molar refractivity (Wildman–Crippen MR) is 114 cm³/mol. The van der Waals surface area contributed by atoms with Crippen molar-refractivity contribution in [3.05, 3.63) is 71.8 Å². The monoisotopic (exact) mass is 390 g/mol. The van der Waals surface area contributed by atoms with Gasteiger partial charge in [0.25, 0.3) is 0 Å². The number of thioether (sulfide) groups is 1. The molecule has 0 saturated heterocycles. The number of para-hydroxylation sites is 1. The first-order valence-electron chi connectivity index (χ1n) is 9.30. The van der Waals surface area contributed by atoms with E-state index in [0.717, 1.165) is 32.8 Å². The minimum atomic E-state index is -0.293. The molecule has 0 aliphatic carbocycles. The van der Waals surface area contributed by atoms with Gasteiger partial charge in [0.2, 0.25) is 5.91 Å². The normalized spacial score (nSPS) is 13.5. The van der Waals surface area contributed by atoms with Crippen molar-refractivity contribution in [1.82, 2.24) is 19.9 Å². The number of hydrogen-bond acceptors (Lipinski definition) is 4. The third-order valence-electron chi connectivity index (χ3n) is 4.88. The summed E-state index contributed by atoms with van der Waals surface area (Å²) in [5.41, 5.74) is 4.09. The highest BCUT2D eigenvalue weighted by molar-refractivity contribution is 8.00. The second-order valence-corrected chi connectivity index (χ2v) is 8.23. The maximum Gasteiger partial charge on any atom is 0.233 e. The lowest BCUT2D eigenvalue weighted by molar-refractivity contribution is -0.120. The van der Waals surface area contributed by atoms with E-state index in [9.17, 15) is 4.79 Å². The molecule has 0 bridgehead atoms. The van der Waals surface area contributed by atoms with E-state index in [1.165, 1.54) is 11.8 Å². The summed E-state index contributed by atoms with van der Waals surface area (Å²) in [5, 5.41) is 13.3. The summed E-state index contributed by atoms with van der Waals surface area (Å²) in [7, 11) is 0. The lowest BCUT2D eigenvalue weighted by Gasteiger charge is -2.17. The number of hydrogen-bond donors (Lipinski definition) is 1. The number of amides is 1. The molecule has 1 amide bonds. The van der Waals surface area contributed by atoms with Gasteiger partial charge < -0.3 is 5.32 Å². The molecule has 4 rings (SSSR count). The van der Waals surface area contributed by atoms with Gasteiger partial charge in [-0.25, -0.2) is 0 Å². The van der Waals surface area contributed by atoms with Gasteiger partial charge in [-0.05, 0) is 44.0 Å². The van der Waals surface area contributed by atoms with Crippen LogP contribution in [0.3, 0.4) is 0 Å². The fourth-order valence-electron chi connectivity index (χ4n) is 3.32. The van der Waals surface area contributed by atoms with Gasteiger partial charge in [-0.3, -0.25) is 9.20 Å². The van der Waals surface area contributed by atoms with Crippen LogP contribution in [0.5, 0.6) is 0 Å². The van der Waals surface area contributed by atoms with Crippen LogP contribution >= 0.6 is 11.8 Å². The standard InChI is InChI=1S/C22H22N4OS/c1-14-13-20-24-25-22(26(20)19-12-8-7-11-18(14)19)28-16(3)21(27)23-15(2)17-9-5-4-6-10-17/h4-13,15-16H,1-3H3,(H,23,27). The van der Waals surface area contributed by atoms with E-state index < -0.39 is 0 Å². The molecule has 2 aromatic heterocycles. The Balaban J connectivity index is 1.58. The topological polar surface area (TPSA) is 59.3 Å². The van der Waals surface area contributed by atoms with Crippen LogP contribution in [0, 0.1) is 6.92 Å². The van der Waals surface area contributed by atoms with Crippen LogP contribution in [0.15, 0.2) is 65.8 Å². The molecule has 1 N–H and O–H groups in total. The molecule has 0 aliphatic heterocycles. The summed E-state index contributed by atoms with van der Waals surface area (Å²) in [6.45, 7) is 5.97. The van der Waals surface area contributed by atoms with Crippen LogP contribution < -0.4 is 5.32 Å². The van der Waals surface area contributed by atoms with Crippen LogP contribution in [0.4, 0.5) is 0 Å². The van der Waals surface area contributed by atoms with E-state index in [2.05, 4.69) is 34.6 Å². The maximum absolute atomic E-state index is 12.7. The number of nitrogens with zero attached hydrogens (tertiary/aromatic N) is 3. The second-order valence-electron chi connectivity index (χ2n) is 6.92. The molecule has 4 aromatic rings. The van der Waals surface area contributed by atoms with Crippen molar-refractivity contribution < 1.29 is 4.79 Å². The molecule has 0 aliphatic rings.